The number of ether oxygens (including phenoxy) is 1. The van der Waals surface area contributed by atoms with Crippen molar-refractivity contribution in [3.05, 3.63) is 101 Å². The molecule has 6 heteroatoms. The molecule has 0 aliphatic rings. The summed E-state index contributed by atoms with van der Waals surface area (Å²) in [6.45, 7) is 0.492. The van der Waals surface area contributed by atoms with Crippen molar-refractivity contribution < 1.29 is 9.53 Å². The van der Waals surface area contributed by atoms with Crippen LogP contribution in [0.4, 0.5) is 5.69 Å². The quantitative estimate of drug-likeness (QED) is 0.442. The Morgan fingerprint density at radius 1 is 0.966 bits per heavy atom. The highest BCUT2D eigenvalue weighted by Gasteiger charge is 2.13. The molecule has 0 aliphatic carbocycles. The van der Waals surface area contributed by atoms with Crippen molar-refractivity contribution in [1.82, 2.24) is 10.2 Å². The van der Waals surface area contributed by atoms with E-state index in [9.17, 15) is 4.79 Å². The Labute approximate surface area is 173 Å². The van der Waals surface area contributed by atoms with Crippen LogP contribution in [0, 0.1) is 0 Å². The fraction of sp³-hybridized carbons (Fsp3) is 0.0435. The predicted molar refractivity (Wildman–Crippen MR) is 114 cm³/mol. The molecule has 0 unspecified atom stereocenters. The van der Waals surface area contributed by atoms with Gasteiger partial charge in [0.15, 0.2) is 0 Å². The summed E-state index contributed by atoms with van der Waals surface area (Å²) in [6.07, 6.45) is 0. The third-order valence-corrected chi connectivity index (χ3v) is 4.66. The monoisotopic (exact) mass is 403 g/mol. The molecular weight excluding hydrogens is 386 g/mol. The summed E-state index contributed by atoms with van der Waals surface area (Å²) in [4.78, 5) is 12.5. The van der Waals surface area contributed by atoms with Gasteiger partial charge in [-0.15, -0.1) is 0 Å². The molecule has 5 nitrogen and oxygen atoms in total. The first-order valence-electron chi connectivity index (χ1n) is 9.07. The van der Waals surface area contributed by atoms with E-state index in [1.807, 2.05) is 60.7 Å². The van der Waals surface area contributed by atoms with Crippen LogP contribution in [0.5, 0.6) is 5.75 Å². The Morgan fingerprint density at radius 2 is 1.69 bits per heavy atom. The summed E-state index contributed by atoms with van der Waals surface area (Å²) in [7, 11) is 0. The van der Waals surface area contributed by atoms with Crippen molar-refractivity contribution in [2.45, 2.75) is 6.61 Å². The van der Waals surface area contributed by atoms with E-state index < -0.39 is 0 Å². The van der Waals surface area contributed by atoms with Crippen LogP contribution in [0.1, 0.15) is 16.1 Å². The number of anilines is 1. The van der Waals surface area contributed by atoms with Gasteiger partial charge in [-0.3, -0.25) is 9.89 Å². The number of rotatable bonds is 6. The van der Waals surface area contributed by atoms with Gasteiger partial charge in [-0.25, -0.2) is 0 Å². The Balaban J connectivity index is 1.38. The third kappa shape index (κ3) is 4.65. The number of aromatic amines is 1. The van der Waals surface area contributed by atoms with E-state index in [2.05, 4.69) is 15.5 Å². The topological polar surface area (TPSA) is 67.0 Å². The Hall–Kier alpha value is -3.57. The molecule has 4 aromatic rings. The van der Waals surface area contributed by atoms with E-state index in [1.54, 1.807) is 24.3 Å². The van der Waals surface area contributed by atoms with E-state index in [0.717, 1.165) is 16.9 Å². The van der Waals surface area contributed by atoms with Crippen molar-refractivity contribution in [2.24, 2.45) is 0 Å². The molecule has 0 radical (unpaired) electrons. The summed E-state index contributed by atoms with van der Waals surface area (Å²) in [5.41, 5.74) is 3.49. The lowest BCUT2D eigenvalue weighted by Crippen LogP contribution is -2.12. The van der Waals surface area contributed by atoms with E-state index >= 15 is 0 Å². The van der Waals surface area contributed by atoms with Gasteiger partial charge in [0.1, 0.15) is 18.1 Å². The number of benzene rings is 3. The minimum atomic E-state index is -0.284. The van der Waals surface area contributed by atoms with Crippen LogP contribution in [0.25, 0.3) is 11.3 Å². The largest absolute Gasteiger partial charge is 0.489 e. The van der Waals surface area contributed by atoms with Gasteiger partial charge in [-0.05, 0) is 42.0 Å². The van der Waals surface area contributed by atoms with Crippen molar-refractivity contribution in [2.75, 3.05) is 5.32 Å². The number of aromatic nitrogens is 2. The average molecular weight is 404 g/mol. The van der Waals surface area contributed by atoms with Gasteiger partial charge in [-0.1, -0.05) is 60.1 Å². The van der Waals surface area contributed by atoms with Gasteiger partial charge in [0, 0.05) is 11.3 Å². The number of carbonyl (C=O) groups excluding carboxylic acids is 1. The molecule has 0 fully saturated rings. The number of H-pyrrole nitrogens is 1. The number of halogens is 1. The standard InChI is InChI=1S/C23H18ClN3O2/c24-20-9-5-4-8-19(20)21-14-22(27-26-21)23(28)25-17-10-12-18(13-11-17)29-15-16-6-2-1-3-7-16/h1-14H,15H2,(H,25,28)(H,26,27). The first-order valence-corrected chi connectivity index (χ1v) is 9.45. The zero-order valence-corrected chi connectivity index (χ0v) is 16.2. The highest BCUT2D eigenvalue weighted by atomic mass is 35.5. The second-order valence-corrected chi connectivity index (χ2v) is 6.81. The van der Waals surface area contributed by atoms with Gasteiger partial charge in [-0.2, -0.15) is 5.10 Å². The molecule has 3 aromatic carbocycles. The van der Waals surface area contributed by atoms with Crippen molar-refractivity contribution >= 4 is 23.2 Å². The molecule has 0 saturated heterocycles. The van der Waals surface area contributed by atoms with Crippen LogP contribution in [0.3, 0.4) is 0 Å². The minimum absolute atomic E-state index is 0.284. The van der Waals surface area contributed by atoms with Crippen LogP contribution < -0.4 is 10.1 Å². The van der Waals surface area contributed by atoms with E-state index in [0.29, 0.717) is 28.7 Å². The molecular formula is C23H18ClN3O2. The first kappa shape index (κ1) is 18.8. The number of amides is 1. The molecule has 0 atom stereocenters. The van der Waals surface area contributed by atoms with Gasteiger partial charge in [0.2, 0.25) is 0 Å². The fourth-order valence-electron chi connectivity index (χ4n) is 2.82. The van der Waals surface area contributed by atoms with E-state index in [4.69, 9.17) is 16.3 Å². The predicted octanol–water partition coefficient (Wildman–Crippen LogP) is 5.56. The second-order valence-electron chi connectivity index (χ2n) is 6.40. The Morgan fingerprint density at radius 3 is 2.45 bits per heavy atom. The molecule has 1 aromatic heterocycles. The summed E-state index contributed by atoms with van der Waals surface area (Å²) >= 11 is 6.19. The molecule has 1 amide bonds. The molecule has 1 heterocycles. The number of hydrogen-bond donors (Lipinski definition) is 2. The number of hydrogen-bond acceptors (Lipinski definition) is 3. The van der Waals surface area contributed by atoms with Gasteiger partial charge in [0.05, 0.1) is 10.7 Å². The van der Waals surface area contributed by atoms with Crippen LogP contribution >= 0.6 is 11.6 Å². The highest BCUT2D eigenvalue weighted by molar-refractivity contribution is 6.33. The summed E-state index contributed by atoms with van der Waals surface area (Å²) < 4.78 is 5.76. The van der Waals surface area contributed by atoms with Gasteiger partial charge < -0.3 is 10.1 Å². The van der Waals surface area contributed by atoms with E-state index in [1.165, 1.54) is 0 Å². The number of nitrogens with one attached hydrogen (secondary N) is 2. The average Bonchev–Trinajstić information content (AvgIpc) is 3.24. The maximum absolute atomic E-state index is 12.5. The Kier molecular flexibility index (Phi) is 5.59. The molecule has 29 heavy (non-hydrogen) atoms. The zero-order chi connectivity index (χ0) is 20.1. The van der Waals surface area contributed by atoms with Crippen molar-refractivity contribution in [3.63, 3.8) is 0 Å². The summed E-state index contributed by atoms with van der Waals surface area (Å²) in [5, 5.41) is 10.4. The molecule has 144 valence electrons. The molecule has 0 bridgehead atoms. The van der Waals surface area contributed by atoms with Gasteiger partial charge in [0.25, 0.3) is 5.91 Å². The van der Waals surface area contributed by atoms with Gasteiger partial charge >= 0.3 is 0 Å². The zero-order valence-electron chi connectivity index (χ0n) is 15.4. The van der Waals surface area contributed by atoms with Crippen LogP contribution in [0.15, 0.2) is 84.9 Å². The molecule has 0 saturated carbocycles. The van der Waals surface area contributed by atoms with E-state index in [-0.39, 0.29) is 5.91 Å². The normalized spacial score (nSPS) is 10.5. The molecule has 4 rings (SSSR count). The number of nitrogens with zero attached hydrogens (tertiary/aromatic N) is 1. The minimum Gasteiger partial charge on any atom is -0.489 e. The van der Waals surface area contributed by atoms with Crippen LogP contribution in [-0.4, -0.2) is 16.1 Å². The third-order valence-electron chi connectivity index (χ3n) is 4.33. The fourth-order valence-corrected chi connectivity index (χ4v) is 3.05. The Bertz CT molecular complexity index is 1110. The van der Waals surface area contributed by atoms with Crippen molar-refractivity contribution in [1.29, 1.82) is 0 Å². The molecule has 0 spiro atoms. The summed E-state index contributed by atoms with van der Waals surface area (Å²) in [5.74, 6) is 0.447. The summed E-state index contributed by atoms with van der Waals surface area (Å²) in [6, 6.07) is 26.2. The first-order chi connectivity index (χ1) is 14.2. The maximum Gasteiger partial charge on any atom is 0.273 e. The SMILES string of the molecule is O=C(Nc1ccc(OCc2ccccc2)cc1)c1cc(-c2ccccc2Cl)n[nH]1. The lowest BCUT2D eigenvalue weighted by molar-refractivity contribution is 0.102. The molecule has 2 N–H and O–H groups in total. The second kappa shape index (κ2) is 8.63. The van der Waals surface area contributed by atoms with Crippen LogP contribution in [0.2, 0.25) is 5.02 Å². The number of carbonyl (C=O) groups is 1. The highest BCUT2D eigenvalue weighted by Crippen LogP contribution is 2.26. The lowest BCUT2D eigenvalue weighted by Gasteiger charge is -2.08. The lowest BCUT2D eigenvalue weighted by atomic mass is 10.1. The smallest absolute Gasteiger partial charge is 0.273 e. The van der Waals surface area contributed by atoms with Crippen LogP contribution in [-0.2, 0) is 6.61 Å². The van der Waals surface area contributed by atoms with Crippen molar-refractivity contribution in [3.8, 4) is 17.0 Å². The molecule has 0 aliphatic heterocycles. The maximum atomic E-state index is 12.5.